The minimum absolute atomic E-state index is 0.279. The molecule has 1 unspecified atom stereocenters. The van der Waals surface area contributed by atoms with E-state index in [1.54, 1.807) is 0 Å². The van der Waals surface area contributed by atoms with E-state index < -0.39 is 18.2 Å². The summed E-state index contributed by atoms with van der Waals surface area (Å²) >= 11 is 1.90. The van der Waals surface area contributed by atoms with E-state index in [1.807, 2.05) is 22.6 Å². The van der Waals surface area contributed by atoms with Crippen molar-refractivity contribution in [1.29, 1.82) is 0 Å². The lowest BCUT2D eigenvalue weighted by atomic mass is 10.2. The predicted octanol–water partition coefficient (Wildman–Crippen LogP) is 0.622. The van der Waals surface area contributed by atoms with E-state index >= 15 is 0 Å². The van der Waals surface area contributed by atoms with Crippen LogP contribution in [0, 0.1) is 0 Å². The van der Waals surface area contributed by atoms with Crippen LogP contribution in [0.2, 0.25) is 0 Å². The van der Waals surface area contributed by atoms with Gasteiger partial charge in [-0.25, -0.2) is 4.39 Å². The van der Waals surface area contributed by atoms with Gasteiger partial charge in [0.15, 0.2) is 0 Å². The second-order valence-corrected chi connectivity index (χ2v) is 2.93. The standard InChI is InChI=1S/C6H9FINO2/c7-4-1-2-9-5(4)6(10)11-3-8/h4-5,9H,1-3H2/t4?,5-/m0/s1. The smallest absolute Gasteiger partial charge is 0.326 e. The van der Waals surface area contributed by atoms with Crippen molar-refractivity contribution in [2.24, 2.45) is 0 Å². The first-order chi connectivity index (χ1) is 5.25. The third-order valence-corrected chi connectivity index (χ3v) is 1.91. The fourth-order valence-electron chi connectivity index (χ4n) is 1.05. The van der Waals surface area contributed by atoms with Crippen LogP contribution in [0.4, 0.5) is 4.39 Å². The fourth-order valence-corrected chi connectivity index (χ4v) is 1.35. The van der Waals surface area contributed by atoms with Crippen LogP contribution in [-0.2, 0) is 9.53 Å². The molecule has 0 spiro atoms. The van der Waals surface area contributed by atoms with Crippen LogP contribution in [0.5, 0.6) is 0 Å². The molecule has 64 valence electrons. The van der Waals surface area contributed by atoms with Crippen molar-refractivity contribution >= 4 is 28.6 Å². The van der Waals surface area contributed by atoms with Gasteiger partial charge < -0.3 is 10.1 Å². The van der Waals surface area contributed by atoms with Crippen molar-refractivity contribution in [3.05, 3.63) is 0 Å². The number of hydrogen-bond acceptors (Lipinski definition) is 3. The molecule has 1 N–H and O–H groups in total. The first-order valence-corrected chi connectivity index (χ1v) is 4.88. The summed E-state index contributed by atoms with van der Waals surface area (Å²) in [6.45, 7) is 0.558. The van der Waals surface area contributed by atoms with E-state index in [9.17, 15) is 9.18 Å². The second kappa shape index (κ2) is 4.20. The molecule has 2 atom stereocenters. The second-order valence-electron chi connectivity index (χ2n) is 2.31. The van der Waals surface area contributed by atoms with Crippen molar-refractivity contribution in [2.45, 2.75) is 18.6 Å². The van der Waals surface area contributed by atoms with Crippen LogP contribution in [-0.4, -0.2) is 29.3 Å². The third-order valence-electron chi connectivity index (χ3n) is 1.60. The Morgan fingerprint density at radius 3 is 3.00 bits per heavy atom. The van der Waals surface area contributed by atoms with E-state index in [0.29, 0.717) is 13.0 Å². The zero-order chi connectivity index (χ0) is 8.27. The van der Waals surface area contributed by atoms with Crippen LogP contribution in [0.3, 0.4) is 0 Å². The molecule has 0 aliphatic carbocycles. The SMILES string of the molecule is O=C(OCI)[C@H]1NCCC1F. The van der Waals surface area contributed by atoms with E-state index in [2.05, 4.69) is 10.1 Å². The number of ether oxygens (including phenoxy) is 1. The highest BCUT2D eigenvalue weighted by Crippen LogP contribution is 2.12. The average molecular weight is 273 g/mol. The average Bonchev–Trinajstić information content (AvgIpc) is 2.36. The topological polar surface area (TPSA) is 38.3 Å². The van der Waals surface area contributed by atoms with Gasteiger partial charge in [0.25, 0.3) is 0 Å². The lowest BCUT2D eigenvalue weighted by Crippen LogP contribution is -2.37. The molecule has 1 aliphatic rings. The minimum Gasteiger partial charge on any atom is -0.454 e. The molecule has 0 aromatic rings. The van der Waals surface area contributed by atoms with Crippen molar-refractivity contribution in [3.63, 3.8) is 0 Å². The molecule has 0 radical (unpaired) electrons. The van der Waals surface area contributed by atoms with Gasteiger partial charge in [-0.2, -0.15) is 0 Å². The van der Waals surface area contributed by atoms with E-state index in [1.165, 1.54) is 0 Å². The number of carbonyl (C=O) groups excluding carboxylic acids is 1. The third kappa shape index (κ3) is 2.26. The van der Waals surface area contributed by atoms with E-state index in [-0.39, 0.29) is 4.61 Å². The molecule has 0 saturated carbocycles. The quantitative estimate of drug-likeness (QED) is 0.455. The molecule has 0 amide bonds. The van der Waals surface area contributed by atoms with Gasteiger partial charge in [-0.1, -0.05) is 0 Å². The summed E-state index contributed by atoms with van der Waals surface area (Å²) < 4.78 is 17.7. The zero-order valence-corrected chi connectivity index (χ0v) is 8.01. The Kier molecular flexibility index (Phi) is 3.50. The van der Waals surface area contributed by atoms with Gasteiger partial charge in [-0.3, -0.25) is 4.79 Å². The number of hydrogen-bond donors (Lipinski definition) is 1. The van der Waals surface area contributed by atoms with Gasteiger partial charge in [-0.05, 0) is 35.6 Å². The van der Waals surface area contributed by atoms with Gasteiger partial charge >= 0.3 is 5.97 Å². The summed E-state index contributed by atoms with van der Waals surface area (Å²) in [4.78, 5) is 10.9. The molecule has 5 heteroatoms. The van der Waals surface area contributed by atoms with Crippen LogP contribution in [0.15, 0.2) is 0 Å². The van der Waals surface area contributed by atoms with Gasteiger partial charge in [-0.15, -0.1) is 0 Å². The normalized spacial score (nSPS) is 30.4. The highest BCUT2D eigenvalue weighted by molar-refractivity contribution is 14.1. The first-order valence-electron chi connectivity index (χ1n) is 3.35. The number of rotatable bonds is 2. The minimum atomic E-state index is -1.08. The fraction of sp³-hybridized carbons (Fsp3) is 0.833. The van der Waals surface area contributed by atoms with Crippen LogP contribution in [0.25, 0.3) is 0 Å². The summed E-state index contributed by atoms with van der Waals surface area (Å²) in [7, 11) is 0. The maximum Gasteiger partial charge on any atom is 0.326 e. The largest absolute Gasteiger partial charge is 0.454 e. The molecule has 1 rings (SSSR count). The zero-order valence-electron chi connectivity index (χ0n) is 5.85. The summed E-state index contributed by atoms with van der Waals surface area (Å²) in [5.41, 5.74) is 0. The number of halogens is 2. The Morgan fingerprint density at radius 1 is 1.82 bits per heavy atom. The van der Waals surface area contributed by atoms with Crippen LogP contribution < -0.4 is 5.32 Å². The van der Waals surface area contributed by atoms with E-state index in [0.717, 1.165) is 0 Å². The predicted molar refractivity (Wildman–Crippen MR) is 46.3 cm³/mol. The number of esters is 1. The van der Waals surface area contributed by atoms with Gasteiger partial charge in [0.05, 0.1) is 0 Å². The number of alkyl halides is 2. The Balaban J connectivity index is 2.39. The lowest BCUT2D eigenvalue weighted by molar-refractivity contribution is -0.144. The van der Waals surface area contributed by atoms with Crippen molar-refractivity contribution in [1.82, 2.24) is 5.32 Å². The van der Waals surface area contributed by atoms with E-state index in [4.69, 9.17) is 0 Å². The number of carbonyl (C=O) groups is 1. The maximum atomic E-state index is 12.8. The van der Waals surface area contributed by atoms with Crippen LogP contribution >= 0.6 is 22.6 Å². The van der Waals surface area contributed by atoms with Gasteiger partial charge in [0.1, 0.15) is 16.8 Å². The summed E-state index contributed by atoms with van der Waals surface area (Å²) in [5.74, 6) is -0.482. The number of nitrogens with one attached hydrogen (secondary N) is 1. The Hall–Kier alpha value is 0.0900. The highest BCUT2D eigenvalue weighted by Gasteiger charge is 2.33. The monoisotopic (exact) mass is 273 g/mol. The van der Waals surface area contributed by atoms with Crippen molar-refractivity contribution in [3.8, 4) is 0 Å². The molecule has 1 heterocycles. The molecular weight excluding hydrogens is 264 g/mol. The molecule has 3 nitrogen and oxygen atoms in total. The van der Waals surface area contributed by atoms with Crippen LogP contribution in [0.1, 0.15) is 6.42 Å². The molecule has 1 aliphatic heterocycles. The molecule has 1 fully saturated rings. The Morgan fingerprint density at radius 2 is 2.55 bits per heavy atom. The lowest BCUT2D eigenvalue weighted by Gasteiger charge is -2.10. The summed E-state index contributed by atoms with van der Waals surface area (Å²) in [5, 5.41) is 2.74. The van der Waals surface area contributed by atoms with Crippen molar-refractivity contribution < 1.29 is 13.9 Å². The Labute approximate surface area is 77.8 Å². The molecular formula is C6H9FINO2. The highest BCUT2D eigenvalue weighted by atomic mass is 127. The Bertz CT molecular complexity index is 156. The summed E-state index contributed by atoms with van der Waals surface area (Å²) in [6, 6.07) is -0.732. The van der Waals surface area contributed by atoms with Crippen molar-refractivity contribution in [2.75, 3.05) is 11.2 Å². The van der Waals surface area contributed by atoms with Gasteiger partial charge in [0.2, 0.25) is 0 Å². The molecule has 0 bridgehead atoms. The maximum absolute atomic E-state index is 12.8. The summed E-state index contributed by atoms with van der Waals surface area (Å²) in [6.07, 6.45) is -0.675. The molecule has 1 saturated heterocycles. The molecule has 11 heavy (non-hydrogen) atoms. The van der Waals surface area contributed by atoms with Gasteiger partial charge in [0, 0.05) is 0 Å². The molecule has 0 aromatic carbocycles. The molecule has 0 aromatic heterocycles. The first kappa shape index (κ1) is 9.18.